The Bertz CT molecular complexity index is 782. The third-order valence-electron chi connectivity index (χ3n) is 3.50. The van der Waals surface area contributed by atoms with Crippen LogP contribution < -0.4 is 14.8 Å². The van der Waals surface area contributed by atoms with Gasteiger partial charge in [0.1, 0.15) is 17.3 Å². The molecular weight excluding hydrogens is 421 g/mol. The third-order valence-corrected chi connectivity index (χ3v) is 4.12. The van der Waals surface area contributed by atoms with Gasteiger partial charge in [-0.25, -0.2) is 9.18 Å². The van der Waals surface area contributed by atoms with E-state index in [1.165, 1.54) is 18.2 Å². The molecule has 0 heterocycles. The quantitative estimate of drug-likeness (QED) is 0.608. The monoisotopic (exact) mass is 439 g/mol. The molecule has 8 heteroatoms. The van der Waals surface area contributed by atoms with Crippen LogP contribution in [-0.2, 0) is 20.7 Å². The number of methoxy groups -OCH3 is 1. The van der Waals surface area contributed by atoms with Crippen LogP contribution in [0.25, 0.3) is 0 Å². The van der Waals surface area contributed by atoms with Gasteiger partial charge in [0.05, 0.1) is 11.6 Å². The Hall–Kier alpha value is -2.61. The van der Waals surface area contributed by atoms with Crippen LogP contribution in [0.15, 0.2) is 46.9 Å². The van der Waals surface area contributed by atoms with Crippen molar-refractivity contribution in [2.24, 2.45) is 0 Å². The van der Waals surface area contributed by atoms with Gasteiger partial charge in [0.15, 0.2) is 13.2 Å². The molecule has 144 valence electrons. The lowest BCUT2D eigenvalue weighted by Gasteiger charge is -2.09. The Labute approximate surface area is 164 Å². The Morgan fingerprint density at radius 2 is 1.85 bits per heavy atom. The minimum atomic E-state index is -0.698. The van der Waals surface area contributed by atoms with Gasteiger partial charge in [-0.3, -0.25) is 4.79 Å². The number of esters is 1. The fourth-order valence-electron chi connectivity index (χ4n) is 2.11. The largest absolute Gasteiger partial charge is 0.497 e. The van der Waals surface area contributed by atoms with Crippen LogP contribution in [0.5, 0.6) is 11.5 Å². The maximum absolute atomic E-state index is 13.0. The second-order valence-electron chi connectivity index (χ2n) is 5.47. The summed E-state index contributed by atoms with van der Waals surface area (Å²) in [6.07, 6.45) is 0.644. The van der Waals surface area contributed by atoms with Crippen LogP contribution in [0.1, 0.15) is 5.56 Å². The molecule has 0 spiro atoms. The number of benzene rings is 2. The first kappa shape index (κ1) is 20.7. The van der Waals surface area contributed by atoms with E-state index in [2.05, 4.69) is 21.2 Å². The van der Waals surface area contributed by atoms with Crippen molar-refractivity contribution in [3.05, 3.63) is 58.3 Å². The van der Waals surface area contributed by atoms with Crippen LogP contribution in [0, 0.1) is 5.82 Å². The second kappa shape index (κ2) is 10.5. The lowest BCUT2D eigenvalue weighted by atomic mass is 10.1. The van der Waals surface area contributed by atoms with Gasteiger partial charge in [0.2, 0.25) is 0 Å². The minimum absolute atomic E-state index is 0.303. The molecule has 0 aromatic heterocycles. The first-order chi connectivity index (χ1) is 13.0. The highest BCUT2D eigenvalue weighted by molar-refractivity contribution is 9.10. The van der Waals surface area contributed by atoms with Crippen molar-refractivity contribution in [3.8, 4) is 11.5 Å². The van der Waals surface area contributed by atoms with E-state index in [-0.39, 0.29) is 6.61 Å². The maximum atomic E-state index is 13.0. The first-order valence-corrected chi connectivity index (χ1v) is 8.90. The smallest absolute Gasteiger partial charge is 0.344 e. The second-order valence-corrected chi connectivity index (χ2v) is 6.33. The van der Waals surface area contributed by atoms with E-state index in [1.54, 1.807) is 7.11 Å². The summed E-state index contributed by atoms with van der Waals surface area (Å²) in [5.41, 5.74) is 1.05. The molecule has 0 fully saturated rings. The number of hydrogen-bond donors (Lipinski definition) is 1. The molecule has 0 saturated heterocycles. The Kier molecular flexibility index (Phi) is 8.06. The van der Waals surface area contributed by atoms with Crippen molar-refractivity contribution < 1.29 is 28.2 Å². The van der Waals surface area contributed by atoms with Crippen LogP contribution in [0.3, 0.4) is 0 Å². The van der Waals surface area contributed by atoms with E-state index < -0.39 is 24.3 Å². The number of amides is 1. The highest BCUT2D eigenvalue weighted by Gasteiger charge is 2.10. The van der Waals surface area contributed by atoms with Gasteiger partial charge in [-0.15, -0.1) is 0 Å². The highest BCUT2D eigenvalue weighted by atomic mass is 79.9. The zero-order valence-electron chi connectivity index (χ0n) is 14.7. The Morgan fingerprint density at radius 3 is 2.52 bits per heavy atom. The molecule has 0 atom stereocenters. The summed E-state index contributed by atoms with van der Waals surface area (Å²) in [7, 11) is 1.60. The Morgan fingerprint density at radius 1 is 1.11 bits per heavy atom. The molecule has 2 aromatic rings. The van der Waals surface area contributed by atoms with Gasteiger partial charge in [0, 0.05) is 6.54 Å². The number of ether oxygens (including phenoxy) is 3. The van der Waals surface area contributed by atoms with E-state index in [0.717, 1.165) is 11.3 Å². The van der Waals surface area contributed by atoms with E-state index in [9.17, 15) is 14.0 Å². The molecule has 0 radical (unpaired) electrons. The molecule has 0 bridgehead atoms. The third kappa shape index (κ3) is 7.26. The Balaban J connectivity index is 1.63. The SMILES string of the molecule is COc1ccc(CCNC(=O)COC(=O)COc2ccc(F)cc2Br)cc1. The van der Waals surface area contributed by atoms with Gasteiger partial charge >= 0.3 is 5.97 Å². The fraction of sp³-hybridized carbons (Fsp3) is 0.263. The topological polar surface area (TPSA) is 73.9 Å². The van der Waals surface area contributed by atoms with Crippen molar-refractivity contribution in [3.63, 3.8) is 0 Å². The summed E-state index contributed by atoms with van der Waals surface area (Å²) in [4.78, 5) is 23.3. The predicted octanol–water partition coefficient (Wildman–Crippen LogP) is 2.88. The molecule has 2 aromatic carbocycles. The molecule has 2 rings (SSSR count). The van der Waals surface area contributed by atoms with Crippen molar-refractivity contribution >= 4 is 27.8 Å². The van der Waals surface area contributed by atoms with Gasteiger partial charge in [-0.2, -0.15) is 0 Å². The zero-order valence-corrected chi connectivity index (χ0v) is 16.3. The van der Waals surface area contributed by atoms with Crippen molar-refractivity contribution in [2.45, 2.75) is 6.42 Å². The number of nitrogens with one attached hydrogen (secondary N) is 1. The molecule has 27 heavy (non-hydrogen) atoms. The molecule has 1 amide bonds. The molecule has 0 aliphatic heterocycles. The van der Waals surface area contributed by atoms with Gasteiger partial charge in [-0.1, -0.05) is 12.1 Å². The number of carbonyl (C=O) groups excluding carboxylic acids is 2. The molecule has 0 unspecified atom stereocenters. The highest BCUT2D eigenvalue weighted by Crippen LogP contribution is 2.25. The molecular formula is C19H19BrFNO5. The van der Waals surface area contributed by atoms with Crippen molar-refractivity contribution in [1.29, 1.82) is 0 Å². The summed E-state index contributed by atoms with van der Waals surface area (Å²) < 4.78 is 28.5. The van der Waals surface area contributed by atoms with Crippen LogP contribution in [-0.4, -0.2) is 38.7 Å². The first-order valence-electron chi connectivity index (χ1n) is 8.11. The predicted molar refractivity (Wildman–Crippen MR) is 100 cm³/mol. The lowest BCUT2D eigenvalue weighted by Crippen LogP contribution is -2.31. The van der Waals surface area contributed by atoms with E-state index in [1.807, 2.05) is 24.3 Å². The zero-order chi connectivity index (χ0) is 19.6. The van der Waals surface area contributed by atoms with E-state index in [0.29, 0.717) is 23.2 Å². The molecule has 1 N–H and O–H groups in total. The van der Waals surface area contributed by atoms with Crippen LogP contribution in [0.4, 0.5) is 4.39 Å². The number of halogens is 2. The fourth-order valence-corrected chi connectivity index (χ4v) is 2.57. The maximum Gasteiger partial charge on any atom is 0.344 e. The van der Waals surface area contributed by atoms with Crippen molar-refractivity contribution in [2.75, 3.05) is 26.9 Å². The summed E-state index contributed by atoms with van der Waals surface area (Å²) in [6, 6.07) is 11.3. The standard InChI is InChI=1S/C19H19BrFNO5/c1-25-15-5-2-13(3-6-15)8-9-22-18(23)11-27-19(24)12-26-17-7-4-14(21)10-16(17)20/h2-7,10H,8-9,11-12H2,1H3,(H,22,23). The van der Waals surface area contributed by atoms with Gasteiger partial charge in [0.25, 0.3) is 5.91 Å². The van der Waals surface area contributed by atoms with Crippen LogP contribution in [0.2, 0.25) is 0 Å². The molecule has 0 aliphatic carbocycles. The average molecular weight is 440 g/mol. The van der Waals surface area contributed by atoms with E-state index in [4.69, 9.17) is 14.2 Å². The normalized spacial score (nSPS) is 10.2. The van der Waals surface area contributed by atoms with Gasteiger partial charge in [-0.05, 0) is 58.2 Å². The van der Waals surface area contributed by atoms with Crippen LogP contribution >= 0.6 is 15.9 Å². The summed E-state index contributed by atoms with van der Waals surface area (Å²) in [5.74, 6) is -0.457. The molecule has 6 nitrogen and oxygen atoms in total. The average Bonchev–Trinajstić information content (AvgIpc) is 2.66. The van der Waals surface area contributed by atoms with Crippen molar-refractivity contribution in [1.82, 2.24) is 5.32 Å². The summed E-state index contributed by atoms with van der Waals surface area (Å²) in [6.45, 7) is -0.361. The van der Waals surface area contributed by atoms with E-state index >= 15 is 0 Å². The lowest BCUT2D eigenvalue weighted by molar-refractivity contribution is -0.150. The summed E-state index contributed by atoms with van der Waals surface area (Å²) in [5, 5.41) is 2.67. The number of rotatable bonds is 9. The number of carbonyl (C=O) groups is 2. The summed E-state index contributed by atoms with van der Waals surface area (Å²) >= 11 is 3.13. The minimum Gasteiger partial charge on any atom is -0.497 e. The van der Waals surface area contributed by atoms with Gasteiger partial charge < -0.3 is 19.5 Å². The number of hydrogen-bond acceptors (Lipinski definition) is 5. The molecule has 0 saturated carbocycles. The molecule has 0 aliphatic rings.